The molecule has 2 fully saturated rings. The second-order valence-corrected chi connectivity index (χ2v) is 9.38. The Hall–Kier alpha value is -2.65. The molecule has 3 N–H and O–H groups in total. The summed E-state index contributed by atoms with van der Waals surface area (Å²) in [5, 5.41) is 17.1. The summed E-state index contributed by atoms with van der Waals surface area (Å²) in [5.74, 6) is -0.145. The molecule has 2 aliphatic rings. The van der Waals surface area contributed by atoms with Crippen LogP contribution in [0.2, 0.25) is 5.02 Å². The summed E-state index contributed by atoms with van der Waals surface area (Å²) in [6.45, 7) is 3.98. The van der Waals surface area contributed by atoms with Gasteiger partial charge in [0.2, 0.25) is 5.91 Å². The average molecular weight is 501 g/mol. The summed E-state index contributed by atoms with van der Waals surface area (Å²) in [6, 6.07) is 14.5. The van der Waals surface area contributed by atoms with E-state index >= 15 is 0 Å². The van der Waals surface area contributed by atoms with Gasteiger partial charge in [-0.25, -0.2) is 4.79 Å². The number of anilines is 1. The van der Waals surface area contributed by atoms with E-state index in [0.29, 0.717) is 63.1 Å². The fourth-order valence-electron chi connectivity index (χ4n) is 4.49. The largest absolute Gasteiger partial charge is 0.387 e. The Morgan fingerprint density at radius 1 is 1.11 bits per heavy atom. The van der Waals surface area contributed by atoms with Crippen LogP contribution in [-0.4, -0.2) is 78.8 Å². The maximum absolute atomic E-state index is 12.9. The average Bonchev–Trinajstić information content (AvgIpc) is 3.38. The van der Waals surface area contributed by atoms with Gasteiger partial charge < -0.3 is 30.3 Å². The lowest BCUT2D eigenvalue weighted by atomic mass is 10.1. The van der Waals surface area contributed by atoms with Gasteiger partial charge in [-0.15, -0.1) is 0 Å². The quantitative estimate of drug-likeness (QED) is 0.484. The van der Waals surface area contributed by atoms with Gasteiger partial charge in [-0.2, -0.15) is 0 Å². The van der Waals surface area contributed by atoms with Crippen molar-refractivity contribution in [1.29, 1.82) is 0 Å². The monoisotopic (exact) mass is 500 g/mol. The van der Waals surface area contributed by atoms with E-state index in [1.807, 2.05) is 36.4 Å². The number of halogens is 1. The number of likely N-dealkylation sites (tertiary alicyclic amines) is 1. The number of carbonyl (C=O) groups is 2. The number of rotatable bonds is 8. The number of carbonyl (C=O) groups excluding carboxylic acids is 2. The van der Waals surface area contributed by atoms with E-state index in [-0.39, 0.29) is 11.9 Å². The number of benzene rings is 2. The Morgan fingerprint density at radius 3 is 2.63 bits per heavy atom. The Kier molecular flexibility index (Phi) is 8.98. The van der Waals surface area contributed by atoms with Crippen LogP contribution in [0.25, 0.3) is 0 Å². The lowest BCUT2D eigenvalue weighted by Gasteiger charge is -2.33. The zero-order valence-electron chi connectivity index (χ0n) is 19.8. The number of aliphatic hydroxyl groups excluding tert-OH is 1. The van der Waals surface area contributed by atoms with E-state index in [2.05, 4.69) is 10.6 Å². The molecule has 0 bridgehead atoms. The maximum atomic E-state index is 12.9. The molecule has 0 spiro atoms. The molecule has 9 heteroatoms. The first-order chi connectivity index (χ1) is 17.0. The second kappa shape index (κ2) is 12.4. The molecule has 2 aliphatic heterocycles. The highest BCUT2D eigenvalue weighted by Gasteiger charge is 2.36. The van der Waals surface area contributed by atoms with Crippen molar-refractivity contribution in [2.24, 2.45) is 0 Å². The molecule has 0 aliphatic carbocycles. The van der Waals surface area contributed by atoms with Crippen molar-refractivity contribution >= 4 is 29.2 Å². The van der Waals surface area contributed by atoms with Crippen LogP contribution in [0.15, 0.2) is 48.5 Å². The van der Waals surface area contributed by atoms with Crippen molar-refractivity contribution in [1.82, 2.24) is 15.1 Å². The zero-order chi connectivity index (χ0) is 24.6. The van der Waals surface area contributed by atoms with E-state index in [4.69, 9.17) is 16.3 Å². The fraction of sp³-hybridized carbons (Fsp3) is 0.462. The van der Waals surface area contributed by atoms with Gasteiger partial charge in [0.15, 0.2) is 0 Å². The van der Waals surface area contributed by atoms with Crippen molar-refractivity contribution in [2.45, 2.75) is 31.4 Å². The highest BCUT2D eigenvalue weighted by atomic mass is 35.5. The topological polar surface area (TPSA) is 94.1 Å². The van der Waals surface area contributed by atoms with Crippen LogP contribution < -0.4 is 10.6 Å². The van der Waals surface area contributed by atoms with E-state index in [9.17, 15) is 14.7 Å². The van der Waals surface area contributed by atoms with E-state index < -0.39 is 12.1 Å². The predicted octanol–water partition coefficient (Wildman–Crippen LogP) is 3.06. The molecule has 0 unspecified atom stereocenters. The molecule has 3 amide bonds. The molecule has 2 atom stereocenters. The van der Waals surface area contributed by atoms with Gasteiger partial charge in [0.05, 0.1) is 19.3 Å². The summed E-state index contributed by atoms with van der Waals surface area (Å²) >= 11 is 5.98. The second-order valence-electron chi connectivity index (χ2n) is 8.94. The molecule has 0 saturated carbocycles. The SMILES string of the molecule is O=C(Nc1ccc(CCNC[C@H](O)c2cccc(Cl)c2)cc1)[C@@H]1CCCN1C(=O)N1CCOCC1. The molecule has 35 heavy (non-hydrogen) atoms. The maximum Gasteiger partial charge on any atom is 0.320 e. The number of hydrogen-bond acceptors (Lipinski definition) is 5. The van der Waals surface area contributed by atoms with Crippen LogP contribution in [0, 0.1) is 0 Å². The van der Waals surface area contributed by atoms with Gasteiger partial charge in [-0.3, -0.25) is 4.79 Å². The van der Waals surface area contributed by atoms with Gasteiger partial charge in [-0.05, 0) is 61.2 Å². The van der Waals surface area contributed by atoms with Crippen molar-refractivity contribution in [3.05, 3.63) is 64.7 Å². The molecule has 2 saturated heterocycles. The molecular weight excluding hydrogens is 468 g/mol. The van der Waals surface area contributed by atoms with Gasteiger partial charge >= 0.3 is 6.03 Å². The lowest BCUT2D eigenvalue weighted by Crippen LogP contribution is -2.52. The minimum Gasteiger partial charge on any atom is -0.387 e. The third-order valence-corrected chi connectivity index (χ3v) is 6.70. The molecule has 188 valence electrons. The Bertz CT molecular complexity index is 997. The number of hydrogen-bond donors (Lipinski definition) is 3. The van der Waals surface area contributed by atoms with E-state index in [1.54, 1.807) is 21.9 Å². The first-order valence-electron chi connectivity index (χ1n) is 12.2. The summed E-state index contributed by atoms with van der Waals surface area (Å²) in [7, 11) is 0. The van der Waals surface area contributed by atoms with Crippen molar-refractivity contribution in [2.75, 3.05) is 51.3 Å². The minimum atomic E-state index is -0.614. The highest BCUT2D eigenvalue weighted by molar-refractivity contribution is 6.30. The molecule has 2 aromatic rings. The number of aliphatic hydroxyl groups is 1. The number of amides is 3. The number of nitrogens with zero attached hydrogens (tertiary/aromatic N) is 2. The van der Waals surface area contributed by atoms with Crippen molar-refractivity contribution in [3.63, 3.8) is 0 Å². The standard InChI is InChI=1S/C26H33ClN4O4/c27-21-4-1-3-20(17-21)24(32)18-28-11-10-19-6-8-22(9-7-19)29-25(33)23-5-2-12-31(23)26(34)30-13-15-35-16-14-30/h1,3-4,6-9,17,23-24,28,32H,2,5,10-16,18H2,(H,29,33)/t23-,24-/m0/s1. The fourth-order valence-corrected chi connectivity index (χ4v) is 4.69. The Balaban J connectivity index is 1.22. The van der Waals surface area contributed by atoms with Gasteiger partial charge in [-0.1, -0.05) is 35.9 Å². The number of morpholine rings is 1. The molecule has 4 rings (SSSR count). The minimum absolute atomic E-state index is 0.0747. The van der Waals surface area contributed by atoms with Gasteiger partial charge in [0.25, 0.3) is 0 Å². The summed E-state index contributed by atoms with van der Waals surface area (Å²) in [6.07, 6.45) is 1.68. The van der Waals surface area contributed by atoms with Crippen molar-refractivity contribution < 1.29 is 19.4 Å². The molecular formula is C26H33ClN4O4. The van der Waals surface area contributed by atoms with Gasteiger partial charge in [0, 0.05) is 36.9 Å². The third kappa shape index (κ3) is 6.95. The number of nitrogens with one attached hydrogen (secondary N) is 2. The zero-order valence-corrected chi connectivity index (χ0v) is 20.5. The summed E-state index contributed by atoms with van der Waals surface area (Å²) in [4.78, 5) is 29.2. The highest BCUT2D eigenvalue weighted by Crippen LogP contribution is 2.22. The number of urea groups is 1. The Labute approximate surface area is 211 Å². The van der Waals surface area contributed by atoms with Crippen LogP contribution >= 0.6 is 11.6 Å². The van der Waals surface area contributed by atoms with E-state index in [1.165, 1.54) is 0 Å². The molecule has 2 heterocycles. The normalized spacial score (nSPS) is 19.0. The summed E-state index contributed by atoms with van der Waals surface area (Å²) < 4.78 is 5.33. The van der Waals surface area contributed by atoms with Crippen LogP contribution in [0.1, 0.15) is 30.1 Å². The van der Waals surface area contributed by atoms with Crippen LogP contribution in [0.3, 0.4) is 0 Å². The van der Waals surface area contributed by atoms with Crippen LogP contribution in [0.5, 0.6) is 0 Å². The van der Waals surface area contributed by atoms with Crippen LogP contribution in [-0.2, 0) is 16.0 Å². The van der Waals surface area contributed by atoms with E-state index in [0.717, 1.165) is 24.0 Å². The summed E-state index contributed by atoms with van der Waals surface area (Å²) in [5.41, 5.74) is 2.63. The predicted molar refractivity (Wildman–Crippen MR) is 136 cm³/mol. The lowest BCUT2D eigenvalue weighted by molar-refractivity contribution is -0.119. The Morgan fingerprint density at radius 2 is 1.89 bits per heavy atom. The van der Waals surface area contributed by atoms with Crippen LogP contribution in [0.4, 0.5) is 10.5 Å². The first kappa shape index (κ1) is 25.4. The first-order valence-corrected chi connectivity index (χ1v) is 12.6. The van der Waals surface area contributed by atoms with Crippen molar-refractivity contribution in [3.8, 4) is 0 Å². The smallest absolute Gasteiger partial charge is 0.320 e. The molecule has 0 radical (unpaired) electrons. The molecule has 0 aromatic heterocycles. The third-order valence-electron chi connectivity index (χ3n) is 6.47. The number of ether oxygens (including phenoxy) is 1. The molecule has 2 aromatic carbocycles. The molecule has 8 nitrogen and oxygen atoms in total. The van der Waals surface area contributed by atoms with Gasteiger partial charge in [0.1, 0.15) is 6.04 Å².